The van der Waals surface area contributed by atoms with Gasteiger partial charge >= 0.3 is 5.97 Å². The van der Waals surface area contributed by atoms with E-state index in [4.69, 9.17) is 5.11 Å². The minimum Gasteiger partial charge on any atom is -0.480 e. The first-order chi connectivity index (χ1) is 10.4. The summed E-state index contributed by atoms with van der Waals surface area (Å²) < 4.78 is 0. The van der Waals surface area contributed by atoms with Crippen molar-refractivity contribution in [2.45, 2.75) is 0 Å². The Hall–Kier alpha value is -3.17. The first kappa shape index (κ1) is 16.9. The number of carbonyl (C=O) groups excluding carboxylic acids is 2. The van der Waals surface area contributed by atoms with Crippen molar-refractivity contribution in [1.82, 2.24) is 10.6 Å². The summed E-state index contributed by atoms with van der Waals surface area (Å²) >= 11 is 0. The van der Waals surface area contributed by atoms with Crippen LogP contribution in [0.5, 0.6) is 0 Å². The summed E-state index contributed by atoms with van der Waals surface area (Å²) in [5, 5.41) is 25.9. The maximum atomic E-state index is 11.5. The molecule has 1 aromatic rings. The minimum absolute atomic E-state index is 0.0647. The van der Waals surface area contributed by atoms with Crippen molar-refractivity contribution in [3.8, 4) is 0 Å². The summed E-state index contributed by atoms with van der Waals surface area (Å²) in [5.74, 6) is -2.28. The minimum atomic E-state index is -1.18. The van der Waals surface area contributed by atoms with E-state index in [9.17, 15) is 24.5 Å². The van der Waals surface area contributed by atoms with Crippen LogP contribution in [0.4, 0.5) is 11.4 Å². The van der Waals surface area contributed by atoms with Crippen LogP contribution < -0.4 is 16.0 Å². The van der Waals surface area contributed by atoms with Crippen LogP contribution in [-0.2, 0) is 14.4 Å². The van der Waals surface area contributed by atoms with E-state index < -0.39 is 29.3 Å². The fraction of sp³-hybridized carbons (Fsp3) is 0.250. The van der Waals surface area contributed by atoms with Crippen molar-refractivity contribution < 1.29 is 24.4 Å². The molecule has 1 rings (SSSR count). The number of non-ortho nitro benzene ring substituents is 1. The summed E-state index contributed by atoms with van der Waals surface area (Å²) in [4.78, 5) is 42.8. The normalized spacial score (nSPS) is 9.64. The summed E-state index contributed by atoms with van der Waals surface area (Å²) in [6, 6.07) is 5.48. The van der Waals surface area contributed by atoms with Crippen molar-refractivity contribution in [3.63, 3.8) is 0 Å². The number of benzene rings is 1. The number of hydrogen-bond acceptors (Lipinski definition) is 6. The second kappa shape index (κ2) is 8.19. The highest BCUT2D eigenvalue weighted by molar-refractivity contribution is 5.88. The maximum Gasteiger partial charge on any atom is 0.322 e. The SMILES string of the molecule is O=C(O)CNC(=O)CNC(=O)CNc1ccc([N+](=O)[O-])cc1. The van der Waals surface area contributed by atoms with Crippen LogP contribution in [0.15, 0.2) is 24.3 Å². The Labute approximate surface area is 124 Å². The summed E-state index contributed by atoms with van der Waals surface area (Å²) in [6.07, 6.45) is 0. The average molecular weight is 310 g/mol. The first-order valence-electron chi connectivity index (χ1n) is 6.12. The van der Waals surface area contributed by atoms with E-state index in [1.165, 1.54) is 24.3 Å². The van der Waals surface area contributed by atoms with E-state index in [-0.39, 0.29) is 18.8 Å². The number of carboxylic acids is 1. The van der Waals surface area contributed by atoms with Gasteiger partial charge in [-0.15, -0.1) is 0 Å². The number of hydrogen-bond donors (Lipinski definition) is 4. The number of nitrogens with one attached hydrogen (secondary N) is 3. The fourth-order valence-electron chi connectivity index (χ4n) is 1.36. The highest BCUT2D eigenvalue weighted by Gasteiger charge is 2.07. The Balaban J connectivity index is 2.29. The topological polar surface area (TPSA) is 151 Å². The van der Waals surface area contributed by atoms with Crippen LogP contribution in [0.1, 0.15) is 0 Å². The van der Waals surface area contributed by atoms with Gasteiger partial charge in [0, 0.05) is 17.8 Å². The van der Waals surface area contributed by atoms with Gasteiger partial charge in [0.2, 0.25) is 11.8 Å². The molecular formula is C12H14N4O6. The fourth-order valence-corrected chi connectivity index (χ4v) is 1.36. The molecule has 0 aliphatic carbocycles. The molecule has 0 radical (unpaired) electrons. The second-order valence-corrected chi connectivity index (χ2v) is 4.10. The smallest absolute Gasteiger partial charge is 0.322 e. The van der Waals surface area contributed by atoms with E-state index >= 15 is 0 Å². The Kier molecular flexibility index (Phi) is 6.29. The standard InChI is InChI=1S/C12H14N4O6/c17-10(14-6-11(18)15-7-12(19)20)5-13-8-1-3-9(4-2-8)16(21)22/h1-4,13H,5-7H2,(H,14,17)(H,15,18)(H,19,20). The molecule has 0 aromatic heterocycles. The van der Waals surface area contributed by atoms with Crippen molar-refractivity contribution in [3.05, 3.63) is 34.4 Å². The molecule has 0 aliphatic heterocycles. The number of nitrogens with zero attached hydrogens (tertiary/aromatic N) is 1. The lowest BCUT2D eigenvalue weighted by molar-refractivity contribution is -0.384. The van der Waals surface area contributed by atoms with Gasteiger partial charge < -0.3 is 21.1 Å². The molecule has 4 N–H and O–H groups in total. The van der Waals surface area contributed by atoms with Gasteiger partial charge in [0.25, 0.3) is 5.69 Å². The maximum absolute atomic E-state index is 11.5. The number of rotatable bonds is 8. The lowest BCUT2D eigenvalue weighted by atomic mass is 10.3. The molecule has 22 heavy (non-hydrogen) atoms. The number of amides is 2. The Morgan fingerprint density at radius 3 is 2.09 bits per heavy atom. The lowest BCUT2D eigenvalue weighted by Gasteiger charge is -2.07. The zero-order valence-electron chi connectivity index (χ0n) is 11.4. The molecule has 0 fully saturated rings. The predicted octanol–water partition coefficient (Wildman–Crippen LogP) is -0.676. The van der Waals surface area contributed by atoms with Crippen LogP contribution in [0, 0.1) is 10.1 Å². The van der Waals surface area contributed by atoms with Gasteiger partial charge in [-0.05, 0) is 12.1 Å². The summed E-state index contributed by atoms with van der Waals surface area (Å²) in [5.41, 5.74) is 0.446. The van der Waals surface area contributed by atoms with Crippen molar-refractivity contribution in [1.29, 1.82) is 0 Å². The Bertz CT molecular complexity index is 571. The molecule has 118 valence electrons. The number of anilines is 1. The molecule has 0 atom stereocenters. The highest BCUT2D eigenvalue weighted by atomic mass is 16.6. The van der Waals surface area contributed by atoms with Gasteiger partial charge in [0.1, 0.15) is 6.54 Å². The van der Waals surface area contributed by atoms with Crippen LogP contribution >= 0.6 is 0 Å². The molecule has 0 saturated heterocycles. The number of aliphatic carboxylic acids is 1. The van der Waals surface area contributed by atoms with Gasteiger partial charge in [-0.3, -0.25) is 24.5 Å². The lowest BCUT2D eigenvalue weighted by Crippen LogP contribution is -2.40. The predicted molar refractivity (Wildman–Crippen MR) is 75.2 cm³/mol. The number of carboxylic acid groups (broad SMARTS) is 1. The van der Waals surface area contributed by atoms with Gasteiger partial charge in [-0.1, -0.05) is 0 Å². The summed E-state index contributed by atoms with van der Waals surface area (Å²) in [6.45, 7) is -0.992. The van der Waals surface area contributed by atoms with E-state index in [1.807, 2.05) is 0 Å². The van der Waals surface area contributed by atoms with E-state index in [0.29, 0.717) is 5.69 Å². The third kappa shape index (κ3) is 6.32. The molecule has 0 unspecified atom stereocenters. The van der Waals surface area contributed by atoms with Crippen molar-refractivity contribution in [2.75, 3.05) is 25.0 Å². The largest absolute Gasteiger partial charge is 0.480 e. The Morgan fingerprint density at radius 1 is 1.00 bits per heavy atom. The van der Waals surface area contributed by atoms with Gasteiger partial charge in [-0.25, -0.2) is 0 Å². The van der Waals surface area contributed by atoms with E-state index in [0.717, 1.165) is 0 Å². The molecule has 10 heteroatoms. The molecule has 0 heterocycles. The van der Waals surface area contributed by atoms with Crippen molar-refractivity contribution >= 4 is 29.2 Å². The van der Waals surface area contributed by atoms with Gasteiger partial charge in [-0.2, -0.15) is 0 Å². The second-order valence-electron chi connectivity index (χ2n) is 4.10. The molecule has 1 aromatic carbocycles. The van der Waals surface area contributed by atoms with Crippen LogP contribution in [0.3, 0.4) is 0 Å². The quantitative estimate of drug-likeness (QED) is 0.367. The van der Waals surface area contributed by atoms with E-state index in [1.54, 1.807) is 0 Å². The molecule has 0 bridgehead atoms. The highest BCUT2D eigenvalue weighted by Crippen LogP contribution is 2.14. The summed E-state index contributed by atoms with van der Waals surface area (Å²) in [7, 11) is 0. The number of nitro benzene ring substituents is 1. The number of nitro groups is 1. The zero-order valence-corrected chi connectivity index (χ0v) is 11.4. The third-order valence-corrected chi connectivity index (χ3v) is 2.41. The van der Waals surface area contributed by atoms with Gasteiger partial charge in [0.05, 0.1) is 18.0 Å². The molecule has 2 amide bonds. The van der Waals surface area contributed by atoms with Crippen LogP contribution in [0.2, 0.25) is 0 Å². The third-order valence-electron chi connectivity index (χ3n) is 2.41. The average Bonchev–Trinajstić information content (AvgIpc) is 2.49. The van der Waals surface area contributed by atoms with Crippen LogP contribution in [-0.4, -0.2) is 47.4 Å². The molecule has 0 spiro atoms. The van der Waals surface area contributed by atoms with Gasteiger partial charge in [0.15, 0.2) is 0 Å². The molecular weight excluding hydrogens is 296 g/mol. The molecule has 0 saturated carbocycles. The van der Waals surface area contributed by atoms with Crippen molar-refractivity contribution in [2.24, 2.45) is 0 Å². The monoisotopic (exact) mass is 310 g/mol. The van der Waals surface area contributed by atoms with Crippen LogP contribution in [0.25, 0.3) is 0 Å². The van der Waals surface area contributed by atoms with E-state index in [2.05, 4.69) is 16.0 Å². The molecule has 10 nitrogen and oxygen atoms in total. The zero-order chi connectivity index (χ0) is 16.5. The Morgan fingerprint density at radius 2 is 1.55 bits per heavy atom. The molecule has 0 aliphatic rings. The first-order valence-corrected chi connectivity index (χ1v) is 6.12. The number of carbonyl (C=O) groups is 3.